The second kappa shape index (κ2) is 7.02. The third-order valence-corrected chi connectivity index (χ3v) is 5.26. The molecule has 0 fully saturated rings. The Morgan fingerprint density at radius 1 is 1.15 bits per heavy atom. The van der Waals surface area contributed by atoms with E-state index in [0.29, 0.717) is 23.4 Å². The molecule has 0 bridgehead atoms. The van der Waals surface area contributed by atoms with Crippen molar-refractivity contribution in [2.45, 2.75) is 19.2 Å². The molecule has 6 nitrogen and oxygen atoms in total. The van der Waals surface area contributed by atoms with Crippen molar-refractivity contribution in [3.63, 3.8) is 0 Å². The fraction of sp³-hybridized carbons (Fsp3) is 0.158. The van der Waals surface area contributed by atoms with Crippen molar-refractivity contribution in [1.82, 2.24) is 9.29 Å². The van der Waals surface area contributed by atoms with E-state index in [-0.39, 0.29) is 5.75 Å². The highest BCUT2D eigenvalue weighted by Gasteiger charge is 2.20. The van der Waals surface area contributed by atoms with Crippen LogP contribution in [0.5, 0.6) is 0 Å². The highest BCUT2D eigenvalue weighted by molar-refractivity contribution is 7.89. The molecule has 0 radical (unpaired) electrons. The van der Waals surface area contributed by atoms with Crippen molar-refractivity contribution in [1.29, 1.82) is 5.26 Å². The molecule has 0 saturated heterocycles. The van der Waals surface area contributed by atoms with Gasteiger partial charge in [0, 0.05) is 17.4 Å². The first-order valence-electron chi connectivity index (χ1n) is 8.05. The van der Waals surface area contributed by atoms with E-state index in [1.54, 1.807) is 34.9 Å². The summed E-state index contributed by atoms with van der Waals surface area (Å²) in [6.07, 6.45) is 0. The standard InChI is InChI=1S/C19H17N3O3S/c1-2-22-17-6-4-3-5-16(17)11-18(22)19(23)21-26(24,25)13-15-9-7-14(12-20)8-10-15/h3-11H,2,13H2,1H3,(H,21,23). The van der Waals surface area contributed by atoms with E-state index >= 15 is 0 Å². The molecule has 0 unspecified atom stereocenters. The Morgan fingerprint density at radius 2 is 1.85 bits per heavy atom. The number of aromatic nitrogens is 1. The molecule has 0 spiro atoms. The zero-order chi connectivity index (χ0) is 18.7. The van der Waals surface area contributed by atoms with E-state index < -0.39 is 15.9 Å². The van der Waals surface area contributed by atoms with Crippen LogP contribution in [-0.2, 0) is 22.3 Å². The Balaban J connectivity index is 1.83. The lowest BCUT2D eigenvalue weighted by Crippen LogP contribution is -2.33. The summed E-state index contributed by atoms with van der Waals surface area (Å²) in [5, 5.41) is 9.67. The Kier molecular flexibility index (Phi) is 4.78. The van der Waals surface area contributed by atoms with Gasteiger partial charge in [-0.05, 0) is 36.8 Å². The number of rotatable bonds is 5. The molecule has 132 valence electrons. The summed E-state index contributed by atoms with van der Waals surface area (Å²) >= 11 is 0. The van der Waals surface area contributed by atoms with Gasteiger partial charge in [-0.3, -0.25) is 4.79 Å². The van der Waals surface area contributed by atoms with Crippen LogP contribution < -0.4 is 4.72 Å². The normalized spacial score (nSPS) is 11.2. The molecule has 1 aromatic heterocycles. The summed E-state index contributed by atoms with van der Waals surface area (Å²) in [5.41, 5.74) is 2.13. The second-order valence-electron chi connectivity index (χ2n) is 5.83. The summed E-state index contributed by atoms with van der Waals surface area (Å²) in [5.74, 6) is -0.992. The smallest absolute Gasteiger partial charge is 0.281 e. The minimum atomic E-state index is -3.86. The van der Waals surface area contributed by atoms with Gasteiger partial charge < -0.3 is 4.57 Å². The number of nitrogens with one attached hydrogen (secondary N) is 1. The van der Waals surface area contributed by atoms with Crippen LogP contribution in [0.3, 0.4) is 0 Å². The minimum absolute atomic E-state index is 0.303. The van der Waals surface area contributed by atoms with Gasteiger partial charge in [-0.2, -0.15) is 5.26 Å². The number of fused-ring (bicyclic) bond motifs is 1. The predicted octanol–water partition coefficient (Wildman–Crippen LogP) is 2.79. The first-order chi connectivity index (χ1) is 12.4. The van der Waals surface area contributed by atoms with Crippen LogP contribution in [0.25, 0.3) is 10.9 Å². The first-order valence-corrected chi connectivity index (χ1v) is 9.71. The molecule has 0 aliphatic rings. The molecular weight excluding hydrogens is 350 g/mol. The first kappa shape index (κ1) is 17.7. The van der Waals surface area contributed by atoms with Crippen molar-refractivity contribution in [2.24, 2.45) is 0 Å². The summed E-state index contributed by atoms with van der Waals surface area (Å²) in [6.45, 7) is 2.44. The second-order valence-corrected chi connectivity index (χ2v) is 7.55. The Bertz CT molecular complexity index is 1110. The average Bonchev–Trinajstić information content (AvgIpc) is 3.00. The van der Waals surface area contributed by atoms with Crippen molar-refractivity contribution in [2.75, 3.05) is 0 Å². The summed E-state index contributed by atoms with van der Waals surface area (Å²) in [7, 11) is -3.86. The number of para-hydroxylation sites is 1. The Hall–Kier alpha value is -3.11. The number of nitrogens with zero attached hydrogens (tertiary/aromatic N) is 2. The third kappa shape index (κ3) is 3.60. The topological polar surface area (TPSA) is 92.0 Å². The van der Waals surface area contributed by atoms with E-state index in [0.717, 1.165) is 10.9 Å². The molecule has 3 aromatic rings. The largest absolute Gasteiger partial charge is 0.337 e. The molecule has 3 rings (SSSR count). The molecule has 2 aromatic carbocycles. The van der Waals surface area contributed by atoms with Crippen molar-refractivity contribution in [3.05, 3.63) is 71.4 Å². The van der Waals surface area contributed by atoms with E-state index in [1.165, 1.54) is 0 Å². The number of hydrogen-bond donors (Lipinski definition) is 1. The number of amides is 1. The van der Waals surface area contributed by atoms with Crippen LogP contribution in [0.15, 0.2) is 54.6 Å². The number of aryl methyl sites for hydroxylation is 1. The molecule has 1 amide bonds. The third-order valence-electron chi connectivity index (χ3n) is 4.05. The van der Waals surface area contributed by atoms with Crippen molar-refractivity contribution < 1.29 is 13.2 Å². The Morgan fingerprint density at radius 3 is 2.50 bits per heavy atom. The molecule has 7 heteroatoms. The molecule has 26 heavy (non-hydrogen) atoms. The van der Waals surface area contributed by atoms with Crippen LogP contribution in [0.4, 0.5) is 0 Å². The number of nitriles is 1. The summed E-state index contributed by atoms with van der Waals surface area (Å²) < 4.78 is 28.6. The van der Waals surface area contributed by atoms with E-state index in [9.17, 15) is 13.2 Å². The van der Waals surface area contributed by atoms with E-state index in [1.807, 2.05) is 37.3 Å². The number of carbonyl (C=O) groups excluding carboxylic acids is 1. The van der Waals surface area contributed by atoms with Crippen LogP contribution in [0, 0.1) is 11.3 Å². The highest BCUT2D eigenvalue weighted by atomic mass is 32.2. The van der Waals surface area contributed by atoms with Gasteiger partial charge in [0.1, 0.15) is 5.69 Å². The minimum Gasteiger partial charge on any atom is -0.337 e. The number of benzene rings is 2. The maximum Gasteiger partial charge on any atom is 0.281 e. The molecule has 0 saturated carbocycles. The van der Waals surface area contributed by atoms with Crippen molar-refractivity contribution in [3.8, 4) is 6.07 Å². The predicted molar refractivity (Wildman–Crippen MR) is 98.9 cm³/mol. The highest BCUT2D eigenvalue weighted by Crippen LogP contribution is 2.20. The average molecular weight is 367 g/mol. The molecule has 1 heterocycles. The molecule has 0 atom stereocenters. The van der Waals surface area contributed by atoms with Gasteiger partial charge in [0.15, 0.2) is 0 Å². The quantitative estimate of drug-likeness (QED) is 0.750. The van der Waals surface area contributed by atoms with Gasteiger partial charge in [-0.15, -0.1) is 0 Å². The van der Waals surface area contributed by atoms with E-state index in [4.69, 9.17) is 5.26 Å². The lowest BCUT2D eigenvalue weighted by molar-refractivity contribution is 0.0973. The zero-order valence-electron chi connectivity index (χ0n) is 14.1. The monoisotopic (exact) mass is 367 g/mol. The molecule has 0 aliphatic carbocycles. The SMILES string of the molecule is CCn1c(C(=O)NS(=O)(=O)Cc2ccc(C#N)cc2)cc2ccccc21. The lowest BCUT2D eigenvalue weighted by atomic mass is 10.2. The molecular formula is C19H17N3O3S. The number of sulfonamides is 1. The van der Waals surface area contributed by atoms with Gasteiger partial charge in [-0.25, -0.2) is 13.1 Å². The number of hydrogen-bond acceptors (Lipinski definition) is 4. The van der Waals surface area contributed by atoms with Gasteiger partial charge in [0.05, 0.1) is 17.4 Å². The van der Waals surface area contributed by atoms with Crippen LogP contribution in [-0.4, -0.2) is 18.9 Å². The van der Waals surface area contributed by atoms with Gasteiger partial charge in [-0.1, -0.05) is 30.3 Å². The fourth-order valence-corrected chi connectivity index (χ4v) is 3.95. The molecule has 0 aliphatic heterocycles. The zero-order valence-corrected chi connectivity index (χ0v) is 15.0. The maximum atomic E-state index is 12.5. The molecule has 1 N–H and O–H groups in total. The lowest BCUT2D eigenvalue weighted by Gasteiger charge is -2.10. The maximum absolute atomic E-state index is 12.5. The number of carbonyl (C=O) groups is 1. The van der Waals surface area contributed by atoms with Crippen LogP contribution in [0.1, 0.15) is 28.5 Å². The summed E-state index contributed by atoms with van der Waals surface area (Å²) in [4.78, 5) is 12.5. The van der Waals surface area contributed by atoms with Crippen molar-refractivity contribution >= 4 is 26.8 Å². The van der Waals surface area contributed by atoms with Gasteiger partial charge in [0.2, 0.25) is 10.0 Å². The fourth-order valence-electron chi connectivity index (χ4n) is 2.86. The van der Waals surface area contributed by atoms with Gasteiger partial charge in [0.25, 0.3) is 5.91 Å². The van der Waals surface area contributed by atoms with Gasteiger partial charge >= 0.3 is 0 Å². The van der Waals surface area contributed by atoms with Crippen LogP contribution >= 0.6 is 0 Å². The van der Waals surface area contributed by atoms with E-state index in [2.05, 4.69) is 4.72 Å². The Labute approximate surface area is 151 Å². The summed E-state index contributed by atoms with van der Waals surface area (Å²) in [6, 6.07) is 17.4. The van der Waals surface area contributed by atoms with Crippen LogP contribution in [0.2, 0.25) is 0 Å².